The second-order valence-corrected chi connectivity index (χ2v) is 3.75. The predicted molar refractivity (Wildman–Crippen MR) is 62.8 cm³/mol. The van der Waals surface area contributed by atoms with Gasteiger partial charge in [-0.05, 0) is 11.6 Å². The Balaban J connectivity index is 2.06. The van der Waals surface area contributed by atoms with Gasteiger partial charge in [0.25, 0.3) is 5.96 Å². The number of halogens is 1. The van der Waals surface area contributed by atoms with Crippen LogP contribution in [0.25, 0.3) is 0 Å². The molecule has 1 aliphatic heterocycles. The molecule has 0 radical (unpaired) electrons. The molecule has 7 nitrogen and oxygen atoms in total. The van der Waals surface area contributed by atoms with Crippen molar-refractivity contribution in [1.82, 2.24) is 10.3 Å². The third-order valence-electron chi connectivity index (χ3n) is 2.09. The van der Waals surface area contributed by atoms with Gasteiger partial charge in [0, 0.05) is 18.3 Å². The van der Waals surface area contributed by atoms with Crippen LogP contribution in [0.4, 0.5) is 0 Å². The molecule has 1 aromatic heterocycles. The van der Waals surface area contributed by atoms with E-state index in [-0.39, 0.29) is 5.96 Å². The lowest BCUT2D eigenvalue weighted by atomic mass is 10.1. The quantitative estimate of drug-likeness (QED) is 0.491. The first-order valence-electron chi connectivity index (χ1n) is 4.77. The molecule has 2 rings (SSSR count). The number of hydrogen-bond acceptors (Lipinski definition) is 3. The zero-order valence-electron chi connectivity index (χ0n) is 8.63. The average Bonchev–Trinajstić information content (AvgIpc) is 2.68. The van der Waals surface area contributed by atoms with E-state index in [9.17, 15) is 10.1 Å². The van der Waals surface area contributed by atoms with Gasteiger partial charge in [0.2, 0.25) is 0 Å². The van der Waals surface area contributed by atoms with Crippen LogP contribution in [0.15, 0.2) is 28.4 Å². The number of nitro groups is 1. The highest BCUT2D eigenvalue weighted by molar-refractivity contribution is 6.29. The van der Waals surface area contributed by atoms with Gasteiger partial charge in [0.05, 0.1) is 6.54 Å². The second-order valence-electron chi connectivity index (χ2n) is 3.36. The molecule has 0 fully saturated rings. The second kappa shape index (κ2) is 4.88. The molecule has 0 unspecified atom stereocenters. The summed E-state index contributed by atoms with van der Waals surface area (Å²) in [5, 5.41) is 15.6. The summed E-state index contributed by atoms with van der Waals surface area (Å²) in [5.74, 6) is 0.0342. The first kappa shape index (κ1) is 11.5. The standard InChI is InChI=1S/C9H8ClN5O2/c10-8-2-1-6(4-11-8)3-7-5-12-9(13-7)14-15(16)17/h1-2,4H,3,5H2,(H,12,14). The molecule has 1 aliphatic rings. The Morgan fingerprint density at radius 1 is 1.59 bits per heavy atom. The first-order valence-corrected chi connectivity index (χ1v) is 5.15. The number of pyridine rings is 1. The van der Waals surface area contributed by atoms with Gasteiger partial charge in [-0.25, -0.2) is 20.1 Å². The number of hydrogen-bond donors (Lipinski definition) is 1. The van der Waals surface area contributed by atoms with E-state index in [2.05, 4.69) is 20.4 Å². The van der Waals surface area contributed by atoms with E-state index >= 15 is 0 Å². The molecule has 0 bridgehead atoms. The molecule has 0 aromatic carbocycles. The van der Waals surface area contributed by atoms with Crippen molar-refractivity contribution in [1.29, 1.82) is 0 Å². The molecule has 0 aliphatic carbocycles. The lowest BCUT2D eigenvalue weighted by Gasteiger charge is -1.99. The summed E-state index contributed by atoms with van der Waals surface area (Å²) in [4.78, 5) is 18.1. The monoisotopic (exact) mass is 253 g/mol. The van der Waals surface area contributed by atoms with Gasteiger partial charge in [-0.1, -0.05) is 17.7 Å². The third kappa shape index (κ3) is 3.22. The summed E-state index contributed by atoms with van der Waals surface area (Å²) in [5.41, 5.74) is 1.71. The summed E-state index contributed by atoms with van der Waals surface area (Å²) in [6.07, 6.45) is 2.21. The van der Waals surface area contributed by atoms with Crippen molar-refractivity contribution in [3.63, 3.8) is 0 Å². The van der Waals surface area contributed by atoms with Crippen LogP contribution < -0.4 is 5.32 Å². The van der Waals surface area contributed by atoms with Crippen molar-refractivity contribution in [2.45, 2.75) is 6.42 Å². The fourth-order valence-corrected chi connectivity index (χ4v) is 1.51. The Morgan fingerprint density at radius 2 is 2.41 bits per heavy atom. The Kier molecular flexibility index (Phi) is 3.29. The van der Waals surface area contributed by atoms with Crippen LogP contribution >= 0.6 is 11.6 Å². The molecule has 1 aromatic rings. The molecular weight excluding hydrogens is 246 g/mol. The minimum Gasteiger partial charge on any atom is -0.344 e. The minimum atomic E-state index is -0.779. The maximum Gasteiger partial charge on any atom is 0.295 e. The molecule has 0 amide bonds. The highest BCUT2D eigenvalue weighted by Gasteiger charge is 2.14. The van der Waals surface area contributed by atoms with Crippen LogP contribution in [-0.2, 0) is 6.42 Å². The highest BCUT2D eigenvalue weighted by atomic mass is 35.5. The van der Waals surface area contributed by atoms with Gasteiger partial charge in [-0.15, -0.1) is 0 Å². The molecular formula is C9H8ClN5O2. The van der Waals surface area contributed by atoms with Crippen LogP contribution in [0.3, 0.4) is 0 Å². The van der Waals surface area contributed by atoms with E-state index in [0.29, 0.717) is 18.1 Å². The number of aromatic nitrogens is 1. The van der Waals surface area contributed by atoms with Crippen molar-refractivity contribution >= 4 is 23.3 Å². The fraction of sp³-hybridized carbons (Fsp3) is 0.222. The highest BCUT2D eigenvalue weighted by Crippen LogP contribution is 2.07. The third-order valence-corrected chi connectivity index (χ3v) is 2.31. The predicted octanol–water partition coefficient (Wildman–Crippen LogP) is 0.869. The maximum atomic E-state index is 10.1. The molecule has 1 N–H and O–H groups in total. The zero-order valence-corrected chi connectivity index (χ0v) is 9.39. The van der Waals surface area contributed by atoms with Crippen molar-refractivity contribution in [2.24, 2.45) is 10.1 Å². The lowest BCUT2D eigenvalue weighted by Crippen LogP contribution is -2.19. The van der Waals surface area contributed by atoms with Gasteiger partial charge in [0.15, 0.2) is 5.03 Å². The van der Waals surface area contributed by atoms with Crippen LogP contribution in [0, 0.1) is 10.1 Å². The van der Waals surface area contributed by atoms with Gasteiger partial charge >= 0.3 is 0 Å². The van der Waals surface area contributed by atoms with E-state index in [4.69, 9.17) is 11.6 Å². The van der Waals surface area contributed by atoms with Crippen LogP contribution in [0.2, 0.25) is 5.15 Å². The molecule has 0 saturated heterocycles. The number of nitrogens with zero attached hydrogens (tertiary/aromatic N) is 4. The zero-order chi connectivity index (χ0) is 12.3. The number of guanidine groups is 1. The smallest absolute Gasteiger partial charge is 0.295 e. The van der Waals surface area contributed by atoms with Gasteiger partial charge in [-0.3, -0.25) is 0 Å². The van der Waals surface area contributed by atoms with Gasteiger partial charge < -0.3 is 5.32 Å². The lowest BCUT2D eigenvalue weighted by molar-refractivity contribution is -0.485. The fourth-order valence-electron chi connectivity index (χ4n) is 1.39. The summed E-state index contributed by atoms with van der Waals surface area (Å²) in [7, 11) is 0. The number of aliphatic imine (C=N–C) groups is 1. The number of rotatable bonds is 3. The molecule has 0 saturated carbocycles. The number of hydrazone groups is 1. The minimum absolute atomic E-state index is 0.0342. The maximum absolute atomic E-state index is 10.1. The molecule has 8 heteroatoms. The summed E-state index contributed by atoms with van der Waals surface area (Å²) < 4.78 is 0. The van der Waals surface area contributed by atoms with E-state index in [1.54, 1.807) is 12.3 Å². The Hall–Kier alpha value is -2.02. The van der Waals surface area contributed by atoms with Crippen molar-refractivity contribution in [2.75, 3.05) is 6.54 Å². The summed E-state index contributed by atoms with van der Waals surface area (Å²) >= 11 is 5.66. The van der Waals surface area contributed by atoms with E-state index in [1.165, 1.54) is 0 Å². The summed E-state index contributed by atoms with van der Waals surface area (Å²) in [6.45, 7) is 0.454. The SMILES string of the molecule is O=[N+]([O-])N=C1N=C(Cc2ccc(Cl)nc2)CN1. The molecule has 2 heterocycles. The van der Waals surface area contributed by atoms with Crippen LogP contribution in [0.5, 0.6) is 0 Å². The first-order chi connectivity index (χ1) is 8.13. The topological polar surface area (TPSA) is 92.8 Å². The Labute approximate surface area is 101 Å². The van der Waals surface area contributed by atoms with Crippen molar-refractivity contribution in [3.8, 4) is 0 Å². The van der Waals surface area contributed by atoms with Gasteiger partial charge in [-0.2, -0.15) is 0 Å². The van der Waals surface area contributed by atoms with E-state index in [0.717, 1.165) is 11.3 Å². The van der Waals surface area contributed by atoms with Crippen molar-refractivity contribution in [3.05, 3.63) is 39.2 Å². The van der Waals surface area contributed by atoms with Crippen LogP contribution in [-0.4, -0.2) is 28.2 Å². The van der Waals surface area contributed by atoms with Crippen molar-refractivity contribution < 1.29 is 5.03 Å². The normalized spacial score (nSPS) is 16.8. The van der Waals surface area contributed by atoms with E-state index < -0.39 is 5.03 Å². The average molecular weight is 254 g/mol. The van der Waals surface area contributed by atoms with Gasteiger partial charge in [0.1, 0.15) is 10.3 Å². The molecule has 0 atom stereocenters. The largest absolute Gasteiger partial charge is 0.344 e. The van der Waals surface area contributed by atoms with Crippen LogP contribution in [0.1, 0.15) is 5.56 Å². The molecule has 0 spiro atoms. The Bertz CT molecular complexity index is 497. The summed E-state index contributed by atoms with van der Waals surface area (Å²) in [6, 6.07) is 3.52. The number of nitrogens with one attached hydrogen (secondary N) is 1. The Morgan fingerprint density at radius 3 is 3.06 bits per heavy atom. The van der Waals surface area contributed by atoms with E-state index in [1.807, 2.05) is 6.07 Å². The molecule has 88 valence electrons. The molecule has 17 heavy (non-hydrogen) atoms.